The topological polar surface area (TPSA) is 80.8 Å². The summed E-state index contributed by atoms with van der Waals surface area (Å²) in [5, 5.41) is 4.14. The zero-order valence-corrected chi connectivity index (χ0v) is 15.9. The van der Waals surface area contributed by atoms with Crippen molar-refractivity contribution in [3.63, 3.8) is 0 Å². The van der Waals surface area contributed by atoms with Crippen molar-refractivity contribution in [3.05, 3.63) is 30.6 Å². The monoisotopic (exact) mass is 367 g/mol. The molecule has 7 nitrogen and oxygen atoms in total. The van der Waals surface area contributed by atoms with Gasteiger partial charge in [-0.1, -0.05) is 6.07 Å². The van der Waals surface area contributed by atoms with Crippen LogP contribution in [0.2, 0.25) is 0 Å². The summed E-state index contributed by atoms with van der Waals surface area (Å²) in [5.41, 5.74) is 0.603. The van der Waals surface area contributed by atoms with Crippen LogP contribution in [0.5, 0.6) is 0 Å². The maximum absolute atomic E-state index is 12.4. The van der Waals surface area contributed by atoms with Crippen molar-refractivity contribution in [1.29, 1.82) is 0 Å². The van der Waals surface area contributed by atoms with Crippen LogP contribution >= 0.6 is 0 Å². The Labute approximate surface area is 158 Å². The lowest BCUT2D eigenvalue weighted by Crippen LogP contribution is -2.50. The van der Waals surface area contributed by atoms with Crippen LogP contribution in [0.4, 0.5) is 10.5 Å². The molecule has 2 aliphatic rings. The summed E-state index contributed by atoms with van der Waals surface area (Å²) in [6.07, 6.45) is 3.70. The number of carbonyl (C=O) groups excluding carboxylic acids is 2. The van der Waals surface area contributed by atoms with Crippen LogP contribution in [0.3, 0.4) is 0 Å². The van der Waals surface area contributed by atoms with Gasteiger partial charge in [-0.25, -0.2) is 4.79 Å². The van der Waals surface area contributed by atoms with E-state index in [0.29, 0.717) is 12.2 Å². The van der Waals surface area contributed by atoms with Gasteiger partial charge in [-0.3, -0.25) is 20.0 Å². The molecule has 2 fully saturated rings. The molecular weight excluding hydrogens is 345 g/mol. The Balaban J connectivity index is 1.80. The first-order valence-corrected chi connectivity index (χ1v) is 9.03. The third-order valence-corrected chi connectivity index (χ3v) is 5.62. The Morgan fingerprint density at radius 1 is 1.15 bits per heavy atom. The zero-order valence-electron chi connectivity index (χ0n) is 15.9. The number of hydrogen-bond donors (Lipinski definition) is 1. The molecule has 0 saturated carbocycles. The quantitative estimate of drug-likeness (QED) is 0.821. The van der Waals surface area contributed by atoms with E-state index < -0.39 is 24.4 Å². The van der Waals surface area contributed by atoms with Gasteiger partial charge in [0.15, 0.2) is 0 Å². The van der Waals surface area contributed by atoms with Gasteiger partial charge in [0.2, 0.25) is 5.91 Å². The number of carbonyl (C=O) groups is 2. The lowest BCUT2D eigenvalue weighted by molar-refractivity contribution is -0.120. The molecule has 1 aromatic carbocycles. The highest BCUT2D eigenvalue weighted by atomic mass is 16.7. The summed E-state index contributed by atoms with van der Waals surface area (Å²) in [5.74, 6) is -0.260. The number of hydrogen-bond acceptors (Lipinski definition) is 5. The first kappa shape index (κ1) is 17.9. The number of anilines is 1. The maximum Gasteiger partial charge on any atom is 0.494 e. The summed E-state index contributed by atoms with van der Waals surface area (Å²) in [6.45, 7) is 8.33. The Hall–Kier alpha value is -2.45. The van der Waals surface area contributed by atoms with E-state index in [1.807, 2.05) is 45.9 Å². The number of nitrogens with one attached hydrogen (secondary N) is 1. The molecule has 0 bridgehead atoms. The molecule has 140 valence electrons. The third-order valence-electron chi connectivity index (χ3n) is 5.62. The summed E-state index contributed by atoms with van der Waals surface area (Å²) >= 11 is 0. The molecule has 2 aromatic rings. The average Bonchev–Trinajstić information content (AvgIpc) is 2.82. The van der Waals surface area contributed by atoms with Crippen molar-refractivity contribution < 1.29 is 18.9 Å². The largest absolute Gasteiger partial charge is 0.494 e. The Morgan fingerprint density at radius 2 is 1.85 bits per heavy atom. The van der Waals surface area contributed by atoms with Crippen LogP contribution in [0.15, 0.2) is 30.6 Å². The number of rotatable bonds is 2. The van der Waals surface area contributed by atoms with Crippen LogP contribution in [0.25, 0.3) is 10.8 Å². The third kappa shape index (κ3) is 2.98. The molecule has 0 atom stereocenters. The van der Waals surface area contributed by atoms with Crippen molar-refractivity contribution >= 4 is 41.0 Å². The normalized spacial score (nSPS) is 21.6. The van der Waals surface area contributed by atoms with Crippen LogP contribution in [-0.2, 0) is 14.1 Å². The fourth-order valence-electron chi connectivity index (χ4n) is 3.34. The molecule has 8 heteroatoms. The first-order valence-electron chi connectivity index (χ1n) is 9.03. The van der Waals surface area contributed by atoms with Gasteiger partial charge in [-0.15, -0.1) is 0 Å². The lowest BCUT2D eigenvalue weighted by atomic mass is 9.78. The molecule has 3 amide bonds. The number of nitrogens with zero attached hydrogens (tertiary/aromatic N) is 2. The van der Waals surface area contributed by atoms with Crippen LogP contribution < -0.4 is 15.7 Å². The summed E-state index contributed by atoms with van der Waals surface area (Å²) in [6, 6.07) is 5.32. The number of aromatic nitrogens is 1. The molecular formula is C19H22BN3O4. The Bertz CT molecular complexity index is 928. The fraction of sp³-hybridized carbons (Fsp3) is 0.421. The number of imide groups is 1. The van der Waals surface area contributed by atoms with Crippen LogP contribution in [-0.4, -0.2) is 41.8 Å². The summed E-state index contributed by atoms with van der Waals surface area (Å²) in [4.78, 5) is 29.7. The fourth-order valence-corrected chi connectivity index (χ4v) is 3.34. The number of pyridine rings is 1. The molecule has 27 heavy (non-hydrogen) atoms. The first-order chi connectivity index (χ1) is 12.7. The standard InChI is InChI=1S/C19H22BN3O4/c1-18(2)19(3,4)27-20(26-18)13-9-12-11-21-7-5-14(12)15(10-13)23-8-6-16(24)22-17(23)25/h5,7,9-11H,6,8H2,1-4H3,(H,22,24,25). The van der Waals surface area contributed by atoms with E-state index in [-0.39, 0.29) is 12.3 Å². The second-order valence-corrected chi connectivity index (χ2v) is 7.98. The van der Waals surface area contributed by atoms with E-state index in [1.54, 1.807) is 17.3 Å². The molecule has 3 heterocycles. The van der Waals surface area contributed by atoms with Gasteiger partial charge in [0, 0.05) is 36.1 Å². The predicted molar refractivity (Wildman–Crippen MR) is 103 cm³/mol. The van der Waals surface area contributed by atoms with Crippen LogP contribution in [0, 0.1) is 0 Å². The second kappa shape index (κ2) is 6.04. The highest BCUT2D eigenvalue weighted by molar-refractivity contribution is 6.62. The van der Waals surface area contributed by atoms with E-state index in [9.17, 15) is 9.59 Å². The summed E-state index contributed by atoms with van der Waals surface area (Å²) < 4.78 is 12.3. The van der Waals surface area contributed by atoms with E-state index in [1.165, 1.54) is 0 Å². The molecule has 1 N–H and O–H groups in total. The van der Waals surface area contributed by atoms with Gasteiger partial charge in [0.05, 0.1) is 16.9 Å². The zero-order chi connectivity index (χ0) is 19.4. The molecule has 4 rings (SSSR count). The van der Waals surface area contributed by atoms with Crippen molar-refractivity contribution in [2.45, 2.75) is 45.3 Å². The minimum atomic E-state index is -0.548. The highest BCUT2D eigenvalue weighted by Gasteiger charge is 2.51. The van der Waals surface area contributed by atoms with Gasteiger partial charge in [-0.2, -0.15) is 0 Å². The lowest BCUT2D eigenvalue weighted by Gasteiger charge is -2.32. The Morgan fingerprint density at radius 3 is 2.52 bits per heavy atom. The molecule has 2 aliphatic heterocycles. The van der Waals surface area contributed by atoms with Crippen molar-refractivity contribution in [3.8, 4) is 0 Å². The smallest absolute Gasteiger partial charge is 0.399 e. The number of fused-ring (bicyclic) bond motifs is 1. The van der Waals surface area contributed by atoms with Gasteiger partial charge in [0.25, 0.3) is 0 Å². The Kier molecular flexibility index (Phi) is 4.01. The van der Waals surface area contributed by atoms with Gasteiger partial charge < -0.3 is 9.31 Å². The predicted octanol–water partition coefficient (Wildman–Crippen LogP) is 1.98. The summed E-state index contributed by atoms with van der Waals surface area (Å²) in [7, 11) is -0.548. The van der Waals surface area contributed by atoms with E-state index in [0.717, 1.165) is 16.2 Å². The van der Waals surface area contributed by atoms with E-state index >= 15 is 0 Å². The van der Waals surface area contributed by atoms with Crippen molar-refractivity contribution in [2.24, 2.45) is 0 Å². The molecule has 2 saturated heterocycles. The SMILES string of the molecule is CC1(C)OB(c2cc(N3CCC(=O)NC3=O)c3ccncc3c2)OC1(C)C. The van der Waals surface area contributed by atoms with Gasteiger partial charge in [0.1, 0.15) is 0 Å². The maximum atomic E-state index is 12.4. The minimum Gasteiger partial charge on any atom is -0.399 e. The average molecular weight is 367 g/mol. The second-order valence-electron chi connectivity index (χ2n) is 7.98. The molecule has 0 aliphatic carbocycles. The molecule has 0 spiro atoms. The minimum absolute atomic E-state index is 0.260. The molecule has 0 radical (unpaired) electrons. The van der Waals surface area contributed by atoms with Crippen molar-refractivity contribution in [1.82, 2.24) is 10.3 Å². The van der Waals surface area contributed by atoms with Gasteiger partial charge >= 0.3 is 13.1 Å². The number of urea groups is 1. The highest BCUT2D eigenvalue weighted by Crippen LogP contribution is 2.37. The molecule has 1 aromatic heterocycles. The van der Waals surface area contributed by atoms with Crippen molar-refractivity contribution in [2.75, 3.05) is 11.4 Å². The van der Waals surface area contributed by atoms with E-state index in [2.05, 4.69) is 10.3 Å². The number of benzene rings is 1. The van der Waals surface area contributed by atoms with E-state index in [4.69, 9.17) is 9.31 Å². The van der Waals surface area contributed by atoms with Crippen LogP contribution in [0.1, 0.15) is 34.1 Å². The molecule has 0 unspecified atom stereocenters. The number of amides is 3. The van der Waals surface area contributed by atoms with Gasteiger partial charge in [-0.05, 0) is 45.3 Å².